The maximum atomic E-state index is 12.3. The summed E-state index contributed by atoms with van der Waals surface area (Å²) in [5.41, 5.74) is 3.64. The lowest BCUT2D eigenvalue weighted by Gasteiger charge is -2.39. The van der Waals surface area contributed by atoms with Gasteiger partial charge in [0.05, 0.1) is 13.2 Å². The highest BCUT2D eigenvalue weighted by atomic mass is 32.1. The van der Waals surface area contributed by atoms with Crippen molar-refractivity contribution >= 4 is 48.0 Å². The summed E-state index contributed by atoms with van der Waals surface area (Å²) in [6.45, 7) is 10.2. The fourth-order valence-corrected chi connectivity index (χ4v) is 7.59. The van der Waals surface area contributed by atoms with Gasteiger partial charge in [-0.15, -0.1) is 0 Å². The Morgan fingerprint density at radius 2 is 1.32 bits per heavy atom. The first-order valence-electron chi connectivity index (χ1n) is 16.8. The Morgan fingerprint density at radius 3 is 1.89 bits per heavy atom. The first kappa shape index (κ1) is 34.7. The Labute approximate surface area is 276 Å². The zero-order chi connectivity index (χ0) is 31.5. The lowest BCUT2D eigenvalue weighted by atomic mass is 9.67. The number of rotatable bonds is 15. The van der Waals surface area contributed by atoms with Gasteiger partial charge in [-0.05, 0) is 110 Å². The Morgan fingerprint density at radius 1 is 0.773 bits per heavy atom. The van der Waals surface area contributed by atoms with Crippen molar-refractivity contribution in [3.05, 3.63) is 71.8 Å². The van der Waals surface area contributed by atoms with Gasteiger partial charge in [0.1, 0.15) is 0 Å². The number of unbranched alkanes of at least 4 members (excludes halogenated alkanes) is 2. The second-order valence-corrected chi connectivity index (χ2v) is 13.8. The SMILES string of the molecule is C=C(CS)C(=O)OCC(COC(=O)C(=C)CS)C1CCC(C2CCC(c3ccc4cc(CCCCC)ccc4c3)CC2)CC1. The molecule has 4 rings (SSSR count). The van der Waals surface area contributed by atoms with Gasteiger partial charge in [0, 0.05) is 28.6 Å². The van der Waals surface area contributed by atoms with E-state index in [1.807, 2.05) is 0 Å². The molecule has 0 atom stereocenters. The van der Waals surface area contributed by atoms with E-state index in [9.17, 15) is 9.59 Å². The molecular formula is C38H52O4S2. The van der Waals surface area contributed by atoms with Crippen molar-refractivity contribution in [1.82, 2.24) is 0 Å². The first-order valence-corrected chi connectivity index (χ1v) is 18.0. The molecule has 2 aliphatic carbocycles. The van der Waals surface area contributed by atoms with Crippen LogP contribution in [-0.2, 0) is 25.5 Å². The van der Waals surface area contributed by atoms with Gasteiger partial charge in [-0.2, -0.15) is 25.3 Å². The molecule has 44 heavy (non-hydrogen) atoms. The van der Waals surface area contributed by atoms with Crippen LogP contribution >= 0.6 is 25.3 Å². The highest BCUT2D eigenvalue weighted by Gasteiger charge is 2.34. The van der Waals surface area contributed by atoms with Gasteiger partial charge in [0.15, 0.2) is 0 Å². The van der Waals surface area contributed by atoms with Crippen molar-refractivity contribution in [2.45, 2.75) is 89.9 Å². The third-order valence-corrected chi connectivity index (χ3v) is 11.0. The topological polar surface area (TPSA) is 52.6 Å². The molecule has 0 N–H and O–H groups in total. The van der Waals surface area contributed by atoms with Crippen LogP contribution in [-0.4, -0.2) is 36.7 Å². The predicted octanol–water partition coefficient (Wildman–Crippen LogP) is 9.33. The predicted molar refractivity (Wildman–Crippen MR) is 189 cm³/mol. The minimum Gasteiger partial charge on any atom is -0.462 e. The van der Waals surface area contributed by atoms with Gasteiger partial charge < -0.3 is 9.47 Å². The number of esters is 2. The van der Waals surface area contributed by atoms with Crippen LogP contribution in [0.1, 0.15) is 94.6 Å². The number of hydrogen-bond donors (Lipinski definition) is 2. The van der Waals surface area contributed by atoms with E-state index >= 15 is 0 Å². The molecule has 0 spiro atoms. The zero-order valence-corrected chi connectivity index (χ0v) is 28.4. The van der Waals surface area contributed by atoms with Crippen molar-refractivity contribution < 1.29 is 19.1 Å². The van der Waals surface area contributed by atoms with E-state index in [1.165, 1.54) is 86.1 Å². The summed E-state index contributed by atoms with van der Waals surface area (Å²) in [5.74, 6) is 2.15. The van der Waals surface area contributed by atoms with Gasteiger partial charge >= 0.3 is 11.9 Å². The number of hydrogen-bond acceptors (Lipinski definition) is 6. The molecule has 0 aromatic heterocycles. The van der Waals surface area contributed by atoms with Gasteiger partial charge in [-0.1, -0.05) is 69.3 Å². The summed E-state index contributed by atoms with van der Waals surface area (Å²) >= 11 is 8.26. The molecule has 0 radical (unpaired) electrons. The number of thiol groups is 2. The lowest BCUT2D eigenvalue weighted by Crippen LogP contribution is -2.33. The molecule has 0 amide bonds. The Hall–Kier alpha value is -2.18. The van der Waals surface area contributed by atoms with Crippen LogP contribution in [0, 0.1) is 23.7 Å². The van der Waals surface area contributed by atoms with Crippen molar-refractivity contribution in [3.8, 4) is 0 Å². The summed E-state index contributed by atoms with van der Waals surface area (Å²) in [4.78, 5) is 24.5. The van der Waals surface area contributed by atoms with Gasteiger partial charge in [0.25, 0.3) is 0 Å². The summed E-state index contributed by atoms with van der Waals surface area (Å²) in [6, 6.07) is 14.2. The van der Waals surface area contributed by atoms with Crippen LogP contribution in [0.15, 0.2) is 60.7 Å². The lowest BCUT2D eigenvalue weighted by molar-refractivity contribution is -0.145. The molecule has 0 bridgehead atoms. The van der Waals surface area contributed by atoms with Crippen LogP contribution in [0.4, 0.5) is 0 Å². The van der Waals surface area contributed by atoms with E-state index in [2.05, 4.69) is 81.7 Å². The largest absolute Gasteiger partial charge is 0.462 e. The molecule has 2 aromatic carbocycles. The summed E-state index contributed by atoms with van der Waals surface area (Å²) < 4.78 is 11.1. The third-order valence-electron chi connectivity index (χ3n) is 10.2. The Balaban J connectivity index is 1.28. The smallest absolute Gasteiger partial charge is 0.334 e. The van der Waals surface area contributed by atoms with Crippen molar-refractivity contribution in [2.75, 3.05) is 24.7 Å². The highest BCUT2D eigenvalue weighted by molar-refractivity contribution is 7.80. The second kappa shape index (κ2) is 17.5. The third kappa shape index (κ3) is 9.66. The van der Waals surface area contributed by atoms with E-state index in [4.69, 9.17) is 9.47 Å². The van der Waals surface area contributed by atoms with Crippen LogP contribution in [0.2, 0.25) is 0 Å². The first-order chi connectivity index (χ1) is 21.3. The number of carbonyl (C=O) groups excluding carboxylic acids is 2. The van der Waals surface area contributed by atoms with Gasteiger partial charge in [-0.25, -0.2) is 9.59 Å². The molecule has 0 heterocycles. The molecule has 4 nitrogen and oxygen atoms in total. The number of carbonyl (C=O) groups is 2. The average molecular weight is 637 g/mol. The zero-order valence-electron chi connectivity index (χ0n) is 26.6. The second-order valence-electron chi connectivity index (χ2n) is 13.2. The molecule has 2 aliphatic rings. The van der Waals surface area contributed by atoms with Crippen molar-refractivity contribution in [3.63, 3.8) is 0 Å². The van der Waals surface area contributed by atoms with Crippen LogP contribution < -0.4 is 0 Å². The molecule has 6 heteroatoms. The molecule has 2 fully saturated rings. The molecule has 0 aliphatic heterocycles. The normalized spacial score (nSPS) is 22.1. The Bertz CT molecular complexity index is 1240. The van der Waals surface area contributed by atoms with E-state index in [0.29, 0.717) is 23.0 Å². The average Bonchev–Trinajstić information content (AvgIpc) is 3.07. The maximum absolute atomic E-state index is 12.3. The minimum absolute atomic E-state index is 0.0413. The molecule has 0 unspecified atom stereocenters. The van der Waals surface area contributed by atoms with Crippen molar-refractivity contribution in [2.24, 2.45) is 23.7 Å². The monoisotopic (exact) mass is 636 g/mol. The number of benzene rings is 2. The number of fused-ring (bicyclic) bond motifs is 1. The number of aryl methyl sites for hydroxylation is 1. The molecular weight excluding hydrogens is 585 g/mol. The quantitative estimate of drug-likeness (QED) is 0.0885. The number of ether oxygens (including phenoxy) is 2. The molecule has 2 saturated carbocycles. The fraction of sp³-hybridized carbons (Fsp3) is 0.579. The molecule has 0 saturated heterocycles. The van der Waals surface area contributed by atoms with E-state index in [-0.39, 0.29) is 30.6 Å². The summed E-state index contributed by atoms with van der Waals surface area (Å²) in [6.07, 6.45) is 14.6. The van der Waals surface area contributed by atoms with Crippen LogP contribution in [0.25, 0.3) is 10.8 Å². The summed E-state index contributed by atoms with van der Waals surface area (Å²) in [5, 5.41) is 2.74. The van der Waals surface area contributed by atoms with Gasteiger partial charge in [-0.3, -0.25) is 0 Å². The molecule has 2 aromatic rings. The molecule has 240 valence electrons. The maximum Gasteiger partial charge on any atom is 0.334 e. The van der Waals surface area contributed by atoms with E-state index in [0.717, 1.165) is 24.7 Å². The van der Waals surface area contributed by atoms with E-state index < -0.39 is 11.9 Å². The Kier molecular flexibility index (Phi) is 13.8. The highest BCUT2D eigenvalue weighted by Crippen LogP contribution is 2.45. The van der Waals surface area contributed by atoms with Crippen LogP contribution in [0.3, 0.4) is 0 Å². The standard InChI is InChI=1S/C38H52O4S2/c1-4-5-6-7-28-8-9-35-21-34(19-18-33(35)20-28)31-14-10-29(11-15-31)30-12-16-32(17-13-30)36(22-41-37(39)26(2)24-43)23-42-38(40)27(3)25-44/h8-9,18-21,29-32,36,43-44H,2-7,10-17,22-25H2,1H3. The van der Waals surface area contributed by atoms with Crippen LogP contribution in [0.5, 0.6) is 0 Å². The van der Waals surface area contributed by atoms with Crippen molar-refractivity contribution in [1.29, 1.82) is 0 Å². The van der Waals surface area contributed by atoms with Gasteiger partial charge in [0.2, 0.25) is 0 Å². The minimum atomic E-state index is -0.430. The summed E-state index contributed by atoms with van der Waals surface area (Å²) in [7, 11) is 0. The fourth-order valence-electron chi connectivity index (χ4n) is 7.33. The van der Waals surface area contributed by atoms with E-state index in [1.54, 1.807) is 0 Å².